The summed E-state index contributed by atoms with van der Waals surface area (Å²) in [6, 6.07) is -1.46. The van der Waals surface area contributed by atoms with Crippen molar-refractivity contribution in [2.45, 2.75) is 44.6 Å². The number of hydrogen-bond donors (Lipinski definition) is 1. The molecule has 0 spiro atoms. The van der Waals surface area contributed by atoms with E-state index in [1.807, 2.05) is 6.92 Å². The highest BCUT2D eigenvalue weighted by molar-refractivity contribution is 5.88. The number of rotatable bonds is 4. The summed E-state index contributed by atoms with van der Waals surface area (Å²) in [5.74, 6) is -8.40. The van der Waals surface area contributed by atoms with Gasteiger partial charge in [0.05, 0.1) is 0 Å². The molecule has 1 aliphatic heterocycles. The van der Waals surface area contributed by atoms with Gasteiger partial charge in [-0.05, 0) is 18.8 Å². The van der Waals surface area contributed by atoms with Crippen molar-refractivity contribution in [3.63, 3.8) is 0 Å². The molecule has 110 valence electrons. The second kappa shape index (κ2) is 5.75. The van der Waals surface area contributed by atoms with Crippen molar-refractivity contribution in [1.82, 2.24) is 4.90 Å². The summed E-state index contributed by atoms with van der Waals surface area (Å²) in [7, 11) is 0. The molecule has 2 unspecified atom stereocenters. The highest BCUT2D eigenvalue weighted by atomic mass is 19.3. The van der Waals surface area contributed by atoms with Crippen molar-refractivity contribution >= 4 is 11.9 Å². The van der Waals surface area contributed by atoms with Gasteiger partial charge in [0.2, 0.25) is 0 Å². The standard InChI is InChI=1S/C11H15F4NO3/c1-2-6-3-4-16(7(5-6)8(17)18)10(19)11(14,15)9(12)13/h6-7,9H,2-5H2,1H3,(H,17,18). The van der Waals surface area contributed by atoms with Gasteiger partial charge in [-0.25, -0.2) is 13.6 Å². The molecule has 0 aromatic carbocycles. The Labute approximate surface area is 107 Å². The number of carboxylic acid groups (broad SMARTS) is 1. The number of carbonyl (C=O) groups is 2. The van der Waals surface area contributed by atoms with Gasteiger partial charge < -0.3 is 10.0 Å². The summed E-state index contributed by atoms with van der Waals surface area (Å²) in [5.41, 5.74) is 0. The number of halogens is 4. The number of alkyl halides is 4. The van der Waals surface area contributed by atoms with E-state index in [2.05, 4.69) is 0 Å². The van der Waals surface area contributed by atoms with E-state index in [1.165, 1.54) is 0 Å². The Morgan fingerprint density at radius 3 is 2.42 bits per heavy atom. The summed E-state index contributed by atoms with van der Waals surface area (Å²) < 4.78 is 50.3. The minimum Gasteiger partial charge on any atom is -0.480 e. The van der Waals surface area contributed by atoms with Gasteiger partial charge in [-0.3, -0.25) is 4.79 Å². The Morgan fingerprint density at radius 1 is 1.42 bits per heavy atom. The molecule has 0 bridgehead atoms. The lowest BCUT2D eigenvalue weighted by Gasteiger charge is -2.38. The molecule has 0 aromatic heterocycles. The van der Waals surface area contributed by atoms with E-state index in [4.69, 9.17) is 5.11 Å². The molecule has 8 heteroatoms. The van der Waals surface area contributed by atoms with E-state index < -0.39 is 30.3 Å². The predicted octanol–water partition coefficient (Wildman–Crippen LogP) is 1.99. The maximum Gasteiger partial charge on any atom is 0.383 e. The molecule has 19 heavy (non-hydrogen) atoms. The first kappa shape index (κ1) is 15.7. The summed E-state index contributed by atoms with van der Waals surface area (Å²) >= 11 is 0. The van der Waals surface area contributed by atoms with Crippen molar-refractivity contribution in [1.29, 1.82) is 0 Å². The maximum absolute atomic E-state index is 13.0. The van der Waals surface area contributed by atoms with Crippen LogP contribution < -0.4 is 0 Å². The first-order valence-electron chi connectivity index (χ1n) is 5.91. The molecule has 1 fully saturated rings. The molecule has 1 rings (SSSR count). The fourth-order valence-corrected chi connectivity index (χ4v) is 2.17. The molecule has 0 radical (unpaired) electrons. The minimum atomic E-state index is -4.84. The van der Waals surface area contributed by atoms with Gasteiger partial charge in [-0.2, -0.15) is 8.78 Å². The van der Waals surface area contributed by atoms with Crippen LogP contribution in [0.25, 0.3) is 0 Å². The second-order valence-electron chi connectivity index (χ2n) is 4.57. The number of amides is 1. The van der Waals surface area contributed by atoms with Gasteiger partial charge in [0.25, 0.3) is 5.91 Å². The third kappa shape index (κ3) is 3.16. The Hall–Kier alpha value is -1.34. The van der Waals surface area contributed by atoms with Crippen molar-refractivity contribution in [2.24, 2.45) is 5.92 Å². The van der Waals surface area contributed by atoms with Gasteiger partial charge in [-0.1, -0.05) is 13.3 Å². The van der Waals surface area contributed by atoms with E-state index in [9.17, 15) is 27.2 Å². The van der Waals surface area contributed by atoms with Crippen LogP contribution in [0.15, 0.2) is 0 Å². The largest absolute Gasteiger partial charge is 0.480 e. The van der Waals surface area contributed by atoms with E-state index >= 15 is 0 Å². The smallest absolute Gasteiger partial charge is 0.383 e. The predicted molar refractivity (Wildman–Crippen MR) is 57.1 cm³/mol. The number of aliphatic carboxylic acids is 1. The number of carbonyl (C=O) groups excluding carboxylic acids is 1. The maximum atomic E-state index is 13.0. The molecule has 1 amide bonds. The first-order valence-corrected chi connectivity index (χ1v) is 5.91. The van der Waals surface area contributed by atoms with E-state index in [1.54, 1.807) is 0 Å². The summed E-state index contributed by atoms with van der Waals surface area (Å²) in [4.78, 5) is 22.8. The van der Waals surface area contributed by atoms with E-state index in [-0.39, 0.29) is 18.9 Å². The Balaban J connectivity index is 2.92. The number of likely N-dealkylation sites (tertiary alicyclic amines) is 1. The van der Waals surface area contributed by atoms with Gasteiger partial charge >= 0.3 is 18.3 Å². The molecule has 0 saturated carbocycles. The molecular formula is C11H15F4NO3. The Morgan fingerprint density at radius 2 is 2.00 bits per heavy atom. The third-order valence-electron chi connectivity index (χ3n) is 3.39. The van der Waals surface area contributed by atoms with Gasteiger partial charge in [0.1, 0.15) is 6.04 Å². The van der Waals surface area contributed by atoms with Crippen molar-refractivity contribution < 1.29 is 32.3 Å². The lowest BCUT2D eigenvalue weighted by molar-refractivity contribution is -0.187. The summed E-state index contributed by atoms with van der Waals surface area (Å²) in [6.07, 6.45) is -3.14. The van der Waals surface area contributed by atoms with Crippen LogP contribution in [0.5, 0.6) is 0 Å². The van der Waals surface area contributed by atoms with E-state index in [0.717, 1.165) is 0 Å². The van der Waals surface area contributed by atoms with Gasteiger partial charge in [-0.15, -0.1) is 0 Å². The van der Waals surface area contributed by atoms with E-state index in [0.29, 0.717) is 17.7 Å². The SMILES string of the molecule is CCC1CCN(C(=O)C(F)(F)C(F)F)C(C(=O)O)C1. The molecule has 1 N–H and O–H groups in total. The van der Waals surface area contributed by atoms with Crippen LogP contribution in [0.3, 0.4) is 0 Å². The van der Waals surface area contributed by atoms with Crippen LogP contribution in [0.4, 0.5) is 17.6 Å². The highest BCUT2D eigenvalue weighted by Crippen LogP contribution is 2.31. The Kier molecular flexibility index (Phi) is 4.75. The highest BCUT2D eigenvalue weighted by Gasteiger charge is 2.53. The molecular weight excluding hydrogens is 270 g/mol. The average molecular weight is 285 g/mol. The number of hydrogen-bond acceptors (Lipinski definition) is 2. The lowest BCUT2D eigenvalue weighted by atomic mass is 9.88. The van der Waals surface area contributed by atoms with Crippen LogP contribution in [0, 0.1) is 5.92 Å². The molecule has 1 heterocycles. The number of carboxylic acids is 1. The molecule has 1 saturated heterocycles. The summed E-state index contributed by atoms with van der Waals surface area (Å²) in [5, 5.41) is 8.95. The fraction of sp³-hybridized carbons (Fsp3) is 0.818. The van der Waals surface area contributed by atoms with Crippen molar-refractivity contribution in [2.75, 3.05) is 6.54 Å². The van der Waals surface area contributed by atoms with Crippen LogP contribution in [0.2, 0.25) is 0 Å². The number of piperidine rings is 1. The first-order chi connectivity index (χ1) is 8.71. The van der Waals surface area contributed by atoms with Crippen molar-refractivity contribution in [3.8, 4) is 0 Å². The normalized spacial score (nSPS) is 24.6. The molecule has 4 nitrogen and oxygen atoms in total. The van der Waals surface area contributed by atoms with Crippen LogP contribution in [-0.2, 0) is 9.59 Å². The van der Waals surface area contributed by atoms with Crippen LogP contribution >= 0.6 is 0 Å². The van der Waals surface area contributed by atoms with Gasteiger partial charge in [0, 0.05) is 6.54 Å². The Bertz CT molecular complexity index is 362. The third-order valence-corrected chi connectivity index (χ3v) is 3.39. The molecule has 0 aromatic rings. The minimum absolute atomic E-state index is 0.00896. The summed E-state index contributed by atoms with van der Waals surface area (Å²) in [6.45, 7) is 1.57. The topological polar surface area (TPSA) is 57.6 Å². The van der Waals surface area contributed by atoms with Crippen LogP contribution in [0.1, 0.15) is 26.2 Å². The monoisotopic (exact) mass is 285 g/mol. The quantitative estimate of drug-likeness (QED) is 0.804. The molecule has 2 atom stereocenters. The van der Waals surface area contributed by atoms with Gasteiger partial charge in [0.15, 0.2) is 0 Å². The lowest BCUT2D eigenvalue weighted by Crippen LogP contribution is -2.56. The van der Waals surface area contributed by atoms with Crippen LogP contribution in [-0.4, -0.2) is 46.8 Å². The zero-order chi connectivity index (χ0) is 14.8. The van der Waals surface area contributed by atoms with Crippen molar-refractivity contribution in [3.05, 3.63) is 0 Å². The zero-order valence-electron chi connectivity index (χ0n) is 10.3. The zero-order valence-corrected chi connectivity index (χ0v) is 10.3. The second-order valence-corrected chi connectivity index (χ2v) is 4.57. The molecule has 0 aliphatic carbocycles. The fourth-order valence-electron chi connectivity index (χ4n) is 2.17. The average Bonchev–Trinajstić information content (AvgIpc) is 2.36. The number of nitrogens with zero attached hydrogens (tertiary/aromatic N) is 1. The molecule has 1 aliphatic rings.